The second kappa shape index (κ2) is 4.38. The number of carboxylic acid groups (broad SMARTS) is 1. The van der Waals surface area contributed by atoms with Crippen molar-refractivity contribution in [2.75, 3.05) is 0 Å². The van der Waals surface area contributed by atoms with Crippen LogP contribution in [-0.2, 0) is 0 Å². The van der Waals surface area contributed by atoms with E-state index < -0.39 is 5.97 Å². The Kier molecular flexibility index (Phi) is 4.18. The molecule has 0 aliphatic rings. The van der Waals surface area contributed by atoms with E-state index in [2.05, 4.69) is 9.97 Å². The molecule has 0 aromatic carbocycles. The molecule has 48 valence electrons. The molecule has 0 bridgehead atoms. The van der Waals surface area contributed by atoms with E-state index in [1.54, 1.807) is 0 Å². The molecule has 1 N–H and O–H groups in total. The van der Waals surface area contributed by atoms with E-state index in [1.165, 1.54) is 18.6 Å². The van der Waals surface area contributed by atoms with Gasteiger partial charge < -0.3 is 5.11 Å². The average Bonchev–Trinajstić information content (AvgIpc) is 1.90. The van der Waals surface area contributed by atoms with Crippen molar-refractivity contribution >= 4 is 35.5 Å². The van der Waals surface area contributed by atoms with Crippen LogP contribution in [0.3, 0.4) is 0 Å². The number of carbonyl (C=O) groups is 1. The zero-order valence-corrected chi connectivity index (χ0v) is 4.48. The topological polar surface area (TPSA) is 63.1 Å². The van der Waals surface area contributed by atoms with Crippen LogP contribution in [0.25, 0.3) is 0 Å². The molecule has 1 rings (SSSR count). The monoisotopic (exact) mass is 148 g/mol. The van der Waals surface area contributed by atoms with Gasteiger partial charge in [-0.3, -0.25) is 0 Å². The van der Waals surface area contributed by atoms with Crippen LogP contribution in [0, 0.1) is 0 Å². The molecule has 0 amide bonds. The molecule has 4 nitrogen and oxygen atoms in total. The van der Waals surface area contributed by atoms with Crippen LogP contribution in [-0.4, -0.2) is 50.6 Å². The van der Waals surface area contributed by atoms with E-state index in [0.29, 0.717) is 0 Å². The molecule has 0 aliphatic carbocycles. The van der Waals surface area contributed by atoms with E-state index in [4.69, 9.17) is 5.11 Å². The van der Waals surface area contributed by atoms with Crippen LogP contribution >= 0.6 is 0 Å². The molecular weight excluding hydrogens is 143 g/mol. The molecule has 0 unspecified atom stereocenters. The molecule has 1 aromatic rings. The quantitative estimate of drug-likeness (QED) is 0.546. The molecule has 0 atom stereocenters. The number of rotatable bonds is 1. The third-order valence-electron chi connectivity index (χ3n) is 0.801. The van der Waals surface area contributed by atoms with Crippen molar-refractivity contribution in [2.45, 2.75) is 0 Å². The van der Waals surface area contributed by atoms with E-state index in [9.17, 15) is 4.79 Å². The molecule has 10 heavy (non-hydrogen) atoms. The van der Waals surface area contributed by atoms with Gasteiger partial charge in [-0.2, -0.15) is 0 Å². The van der Waals surface area contributed by atoms with Crippen molar-refractivity contribution < 1.29 is 9.90 Å². The second-order valence-electron chi connectivity index (χ2n) is 1.40. The van der Waals surface area contributed by atoms with E-state index >= 15 is 0 Å². The minimum absolute atomic E-state index is 0. The first-order chi connectivity index (χ1) is 4.30. The zero-order chi connectivity index (χ0) is 6.69. The third kappa shape index (κ3) is 2.43. The molecule has 0 spiro atoms. The van der Waals surface area contributed by atoms with Crippen LogP contribution in [0.5, 0.6) is 0 Å². The Morgan fingerprint density at radius 1 is 1.60 bits per heavy atom. The van der Waals surface area contributed by atoms with Crippen LogP contribution < -0.4 is 0 Å². The number of nitrogens with zero attached hydrogens (tertiary/aromatic N) is 2. The van der Waals surface area contributed by atoms with Gasteiger partial charge in [-0.05, 0) is 6.07 Å². The van der Waals surface area contributed by atoms with Crippen molar-refractivity contribution in [1.29, 1.82) is 0 Å². The minimum atomic E-state index is -1.03. The van der Waals surface area contributed by atoms with Gasteiger partial charge in [0.05, 0.1) is 0 Å². The van der Waals surface area contributed by atoms with Crippen molar-refractivity contribution in [2.24, 2.45) is 0 Å². The van der Waals surface area contributed by atoms with Crippen LogP contribution in [0.15, 0.2) is 18.6 Å². The molecule has 0 radical (unpaired) electrons. The predicted octanol–water partition coefficient (Wildman–Crippen LogP) is -0.474. The number of hydrogen-bond acceptors (Lipinski definition) is 3. The standard InChI is InChI=1S/C5H4N2O2.Na.H/c8-5(9)4-1-2-6-3-7-4;;/h1-3H,(H,8,9);;. The molecule has 0 saturated heterocycles. The summed E-state index contributed by atoms with van der Waals surface area (Å²) in [5.41, 5.74) is 0.0185. The normalized spacial score (nSPS) is 8.00. The van der Waals surface area contributed by atoms with Gasteiger partial charge in [-0.15, -0.1) is 0 Å². The summed E-state index contributed by atoms with van der Waals surface area (Å²) in [4.78, 5) is 17.1. The van der Waals surface area contributed by atoms with Gasteiger partial charge in [0.15, 0.2) is 5.69 Å². The number of carboxylic acids is 1. The van der Waals surface area contributed by atoms with Gasteiger partial charge in [-0.1, -0.05) is 0 Å². The summed E-state index contributed by atoms with van der Waals surface area (Å²) in [6.07, 6.45) is 2.58. The Bertz CT molecular complexity index is 214. The summed E-state index contributed by atoms with van der Waals surface area (Å²) in [6.45, 7) is 0. The first kappa shape index (κ1) is 9.55. The third-order valence-corrected chi connectivity index (χ3v) is 0.801. The molecule has 1 aromatic heterocycles. The molecule has 0 aliphatic heterocycles. The van der Waals surface area contributed by atoms with Crippen LogP contribution in [0.1, 0.15) is 10.5 Å². The van der Waals surface area contributed by atoms with Gasteiger partial charge in [0.1, 0.15) is 6.33 Å². The SMILES string of the molecule is O=C(O)c1ccncn1.[NaH]. The Balaban J connectivity index is 0.000000810. The van der Waals surface area contributed by atoms with Crippen molar-refractivity contribution in [3.63, 3.8) is 0 Å². The molecule has 5 heteroatoms. The fourth-order valence-corrected chi connectivity index (χ4v) is 0.417. The van der Waals surface area contributed by atoms with E-state index in [1.807, 2.05) is 0 Å². The molecule has 1 heterocycles. The summed E-state index contributed by atoms with van der Waals surface area (Å²) in [7, 11) is 0. The molecule has 0 saturated carbocycles. The summed E-state index contributed by atoms with van der Waals surface area (Å²) < 4.78 is 0. The number of hydrogen-bond donors (Lipinski definition) is 1. The predicted molar refractivity (Wildman–Crippen MR) is 36.1 cm³/mol. The number of aromatic carboxylic acids is 1. The maximum atomic E-state index is 10.1. The van der Waals surface area contributed by atoms with Crippen LogP contribution in [0.2, 0.25) is 0 Å². The number of aromatic nitrogens is 2. The summed E-state index contributed by atoms with van der Waals surface area (Å²) in [6, 6.07) is 1.34. The molecule has 0 fully saturated rings. The summed E-state index contributed by atoms with van der Waals surface area (Å²) in [5.74, 6) is -1.03. The van der Waals surface area contributed by atoms with Crippen molar-refractivity contribution in [3.8, 4) is 0 Å². The Hall–Kier alpha value is -0.450. The van der Waals surface area contributed by atoms with Gasteiger partial charge in [0.25, 0.3) is 0 Å². The van der Waals surface area contributed by atoms with Crippen molar-refractivity contribution in [3.05, 3.63) is 24.3 Å². The second-order valence-corrected chi connectivity index (χ2v) is 1.40. The fourth-order valence-electron chi connectivity index (χ4n) is 0.417. The Labute approximate surface area is 79.6 Å². The van der Waals surface area contributed by atoms with Crippen molar-refractivity contribution in [1.82, 2.24) is 9.97 Å². The van der Waals surface area contributed by atoms with Gasteiger partial charge in [-0.25, -0.2) is 14.8 Å². The zero-order valence-electron chi connectivity index (χ0n) is 4.48. The summed E-state index contributed by atoms with van der Waals surface area (Å²) >= 11 is 0. The Morgan fingerprint density at radius 2 is 2.30 bits per heavy atom. The Morgan fingerprint density at radius 3 is 2.60 bits per heavy atom. The van der Waals surface area contributed by atoms with Gasteiger partial charge in [0.2, 0.25) is 0 Å². The first-order valence-corrected chi connectivity index (χ1v) is 2.30. The fraction of sp³-hybridized carbons (Fsp3) is 0. The maximum absolute atomic E-state index is 10.1. The van der Waals surface area contributed by atoms with E-state index in [0.717, 1.165) is 0 Å². The van der Waals surface area contributed by atoms with Gasteiger partial charge in [0, 0.05) is 6.20 Å². The van der Waals surface area contributed by atoms with E-state index in [-0.39, 0.29) is 35.3 Å². The first-order valence-electron chi connectivity index (χ1n) is 2.30. The van der Waals surface area contributed by atoms with Crippen LogP contribution in [0.4, 0.5) is 0 Å². The molecular formula is C5H5N2NaO2. The summed E-state index contributed by atoms with van der Waals surface area (Å²) in [5, 5.41) is 8.29. The van der Waals surface area contributed by atoms with Gasteiger partial charge >= 0.3 is 35.5 Å². The average molecular weight is 148 g/mol.